The van der Waals surface area contributed by atoms with Gasteiger partial charge in [0.05, 0.1) is 34.8 Å². The molecule has 0 unspecified atom stereocenters. The molecule has 0 aliphatic carbocycles. The number of rotatable bonds is 3. The molecule has 0 saturated carbocycles. The molecule has 0 aliphatic rings. The number of nitriles is 1. The van der Waals surface area contributed by atoms with Crippen LogP contribution in [0.3, 0.4) is 0 Å². The number of hydrogen-bond acceptors (Lipinski definition) is 5. The Kier molecular flexibility index (Phi) is 3.95. The maximum absolute atomic E-state index is 11.8. The highest BCUT2D eigenvalue weighted by Gasteiger charge is 2.23. The number of esters is 1. The largest absolute Gasteiger partial charge is 0.465 e. The van der Waals surface area contributed by atoms with Crippen molar-refractivity contribution in [3.8, 4) is 17.2 Å². The Morgan fingerprint density at radius 1 is 1.29 bits per heavy atom. The quantitative estimate of drug-likeness (QED) is 0.490. The fourth-order valence-electron chi connectivity index (χ4n) is 2.02. The minimum Gasteiger partial charge on any atom is -0.465 e. The highest BCUT2D eigenvalue weighted by Crippen LogP contribution is 2.34. The Balaban J connectivity index is 2.78. The topological polar surface area (TPSA) is 93.2 Å². The molecule has 6 nitrogen and oxygen atoms in total. The summed E-state index contributed by atoms with van der Waals surface area (Å²) in [7, 11) is 1.21. The molecule has 2 rings (SSSR count). The molecule has 0 heterocycles. The zero-order valence-corrected chi connectivity index (χ0v) is 11.1. The van der Waals surface area contributed by atoms with Crippen LogP contribution in [-0.4, -0.2) is 18.0 Å². The smallest absolute Gasteiger partial charge is 0.338 e. The monoisotopic (exact) mass is 282 g/mol. The van der Waals surface area contributed by atoms with Crippen LogP contribution in [0.15, 0.2) is 42.5 Å². The average molecular weight is 282 g/mol. The number of methoxy groups -OCH3 is 1. The van der Waals surface area contributed by atoms with Crippen molar-refractivity contribution in [2.45, 2.75) is 0 Å². The molecule has 0 amide bonds. The summed E-state index contributed by atoms with van der Waals surface area (Å²) < 4.78 is 4.66. The third kappa shape index (κ3) is 2.72. The van der Waals surface area contributed by atoms with E-state index in [1.165, 1.54) is 31.4 Å². The molecule has 0 radical (unpaired) electrons. The Morgan fingerprint density at radius 3 is 2.62 bits per heavy atom. The summed E-state index contributed by atoms with van der Waals surface area (Å²) in [5.74, 6) is -0.670. The van der Waals surface area contributed by atoms with Crippen molar-refractivity contribution < 1.29 is 14.5 Å². The van der Waals surface area contributed by atoms with Gasteiger partial charge in [-0.15, -0.1) is 0 Å². The molecule has 0 spiro atoms. The highest BCUT2D eigenvalue weighted by molar-refractivity contribution is 6.00. The van der Waals surface area contributed by atoms with Gasteiger partial charge in [0.25, 0.3) is 5.69 Å². The summed E-state index contributed by atoms with van der Waals surface area (Å²) in [6.45, 7) is 0. The van der Waals surface area contributed by atoms with Gasteiger partial charge in [-0.05, 0) is 23.8 Å². The number of nitro benzene ring substituents is 1. The first-order valence-corrected chi connectivity index (χ1v) is 5.94. The molecular weight excluding hydrogens is 272 g/mol. The maximum Gasteiger partial charge on any atom is 0.338 e. The van der Waals surface area contributed by atoms with Crippen molar-refractivity contribution in [2.24, 2.45) is 0 Å². The first kappa shape index (κ1) is 14.2. The predicted octanol–water partition coefficient (Wildman–Crippen LogP) is 2.92. The second-order valence-corrected chi connectivity index (χ2v) is 4.14. The van der Waals surface area contributed by atoms with E-state index < -0.39 is 10.9 Å². The van der Waals surface area contributed by atoms with E-state index in [0.29, 0.717) is 11.1 Å². The molecule has 0 fully saturated rings. The lowest BCUT2D eigenvalue weighted by atomic mass is 9.96. The molecule has 0 N–H and O–H groups in total. The van der Waals surface area contributed by atoms with Crippen LogP contribution in [-0.2, 0) is 4.74 Å². The van der Waals surface area contributed by atoms with Crippen molar-refractivity contribution in [1.82, 2.24) is 0 Å². The Hall–Kier alpha value is -3.20. The molecule has 0 bridgehead atoms. The molecule has 6 heteroatoms. The van der Waals surface area contributed by atoms with E-state index in [-0.39, 0.29) is 16.8 Å². The summed E-state index contributed by atoms with van der Waals surface area (Å²) in [6.07, 6.45) is 0. The van der Waals surface area contributed by atoms with Crippen molar-refractivity contribution in [3.63, 3.8) is 0 Å². The number of nitrogens with zero attached hydrogens (tertiary/aromatic N) is 2. The molecule has 0 atom stereocenters. The molecule has 0 aromatic heterocycles. The molecule has 104 valence electrons. The summed E-state index contributed by atoms with van der Waals surface area (Å²) in [5.41, 5.74) is 0.782. The van der Waals surface area contributed by atoms with Crippen LogP contribution in [0.2, 0.25) is 0 Å². The van der Waals surface area contributed by atoms with Gasteiger partial charge in [-0.1, -0.05) is 18.2 Å². The molecule has 2 aromatic carbocycles. The number of benzene rings is 2. The van der Waals surface area contributed by atoms with Gasteiger partial charge in [-0.2, -0.15) is 5.26 Å². The lowest BCUT2D eigenvalue weighted by Gasteiger charge is -2.09. The summed E-state index contributed by atoms with van der Waals surface area (Å²) in [4.78, 5) is 22.5. The number of ether oxygens (including phenoxy) is 1. The summed E-state index contributed by atoms with van der Waals surface area (Å²) in [6, 6.07) is 12.4. The van der Waals surface area contributed by atoms with E-state index in [2.05, 4.69) is 4.74 Å². The summed E-state index contributed by atoms with van der Waals surface area (Å²) in [5, 5.41) is 20.1. The van der Waals surface area contributed by atoms with Gasteiger partial charge < -0.3 is 4.74 Å². The molecule has 0 aliphatic heterocycles. The fraction of sp³-hybridized carbons (Fsp3) is 0.0667. The minimum absolute atomic E-state index is 0.0850. The molecule has 21 heavy (non-hydrogen) atoms. The van der Waals surface area contributed by atoms with Crippen molar-refractivity contribution >= 4 is 11.7 Å². The van der Waals surface area contributed by atoms with E-state index in [4.69, 9.17) is 5.26 Å². The van der Waals surface area contributed by atoms with Crippen LogP contribution in [0.4, 0.5) is 5.69 Å². The zero-order valence-electron chi connectivity index (χ0n) is 11.1. The predicted molar refractivity (Wildman–Crippen MR) is 74.6 cm³/mol. The second-order valence-electron chi connectivity index (χ2n) is 4.14. The van der Waals surface area contributed by atoms with Crippen LogP contribution < -0.4 is 0 Å². The van der Waals surface area contributed by atoms with E-state index in [1.54, 1.807) is 18.2 Å². The van der Waals surface area contributed by atoms with E-state index >= 15 is 0 Å². The van der Waals surface area contributed by atoms with Gasteiger partial charge in [0.15, 0.2) is 0 Å². The normalized spacial score (nSPS) is 9.71. The van der Waals surface area contributed by atoms with Gasteiger partial charge >= 0.3 is 5.97 Å². The Bertz CT molecular complexity index is 763. The lowest BCUT2D eigenvalue weighted by molar-refractivity contribution is -0.384. The van der Waals surface area contributed by atoms with E-state index in [0.717, 1.165) is 0 Å². The molecular formula is C15H10N2O4. The third-order valence-corrected chi connectivity index (χ3v) is 2.92. The van der Waals surface area contributed by atoms with Crippen molar-refractivity contribution in [1.29, 1.82) is 5.26 Å². The zero-order chi connectivity index (χ0) is 15.4. The number of nitro groups is 1. The van der Waals surface area contributed by atoms with Gasteiger partial charge in [-0.25, -0.2) is 4.79 Å². The van der Waals surface area contributed by atoms with Gasteiger partial charge in [0, 0.05) is 6.07 Å². The van der Waals surface area contributed by atoms with Crippen LogP contribution >= 0.6 is 0 Å². The van der Waals surface area contributed by atoms with Gasteiger partial charge in [0.2, 0.25) is 0 Å². The van der Waals surface area contributed by atoms with Crippen molar-refractivity contribution in [2.75, 3.05) is 7.11 Å². The van der Waals surface area contributed by atoms with Crippen LogP contribution in [0.1, 0.15) is 15.9 Å². The first-order valence-electron chi connectivity index (χ1n) is 5.94. The lowest BCUT2D eigenvalue weighted by Crippen LogP contribution is -2.05. The van der Waals surface area contributed by atoms with Crippen LogP contribution in [0.5, 0.6) is 0 Å². The van der Waals surface area contributed by atoms with Gasteiger partial charge in [0.1, 0.15) is 0 Å². The second kappa shape index (κ2) is 5.84. The number of carbonyl (C=O) groups excluding carboxylic acids is 1. The Labute approximate surface area is 120 Å². The average Bonchev–Trinajstić information content (AvgIpc) is 2.53. The molecule has 2 aromatic rings. The van der Waals surface area contributed by atoms with Crippen LogP contribution in [0.25, 0.3) is 11.1 Å². The Morgan fingerprint density at radius 2 is 2.00 bits per heavy atom. The van der Waals surface area contributed by atoms with Crippen molar-refractivity contribution in [3.05, 3.63) is 63.7 Å². The first-order chi connectivity index (χ1) is 10.1. The van der Waals surface area contributed by atoms with E-state index in [9.17, 15) is 14.9 Å². The van der Waals surface area contributed by atoms with E-state index in [1.807, 2.05) is 6.07 Å². The third-order valence-electron chi connectivity index (χ3n) is 2.92. The van der Waals surface area contributed by atoms with Crippen LogP contribution in [0, 0.1) is 21.4 Å². The summed E-state index contributed by atoms with van der Waals surface area (Å²) >= 11 is 0. The standard InChI is InChI=1S/C15H10N2O4/c1-21-15(18)12-6-3-7-13(17(19)20)14(12)11-5-2-4-10(8-11)9-16/h2-8H,1H3. The number of hydrogen-bond donors (Lipinski definition) is 0. The minimum atomic E-state index is -0.670. The SMILES string of the molecule is COC(=O)c1cccc([N+](=O)[O-])c1-c1cccc(C#N)c1. The highest BCUT2D eigenvalue weighted by atomic mass is 16.6. The molecule has 0 saturated heterocycles. The number of carbonyl (C=O) groups is 1. The maximum atomic E-state index is 11.8. The van der Waals surface area contributed by atoms with Gasteiger partial charge in [-0.3, -0.25) is 10.1 Å². The fourth-order valence-corrected chi connectivity index (χ4v) is 2.02.